The third-order valence-corrected chi connectivity index (χ3v) is 3.62. The van der Waals surface area contributed by atoms with Gasteiger partial charge in [-0.1, -0.05) is 24.3 Å². The third kappa shape index (κ3) is 2.05. The van der Waals surface area contributed by atoms with Crippen LogP contribution in [0.15, 0.2) is 47.4 Å². The van der Waals surface area contributed by atoms with E-state index >= 15 is 0 Å². The van der Waals surface area contributed by atoms with Crippen LogP contribution in [0.1, 0.15) is 27.4 Å². The van der Waals surface area contributed by atoms with Crippen molar-refractivity contribution in [1.29, 1.82) is 0 Å². The molecule has 1 aliphatic carbocycles. The lowest BCUT2D eigenvalue weighted by molar-refractivity contribution is 0.0696. The smallest absolute Gasteiger partial charge is 0.335 e. The number of aromatic carboxylic acids is 1. The number of rotatable bonds is 3. The zero-order valence-corrected chi connectivity index (χ0v) is 10.2. The van der Waals surface area contributed by atoms with Crippen LogP contribution in [0.2, 0.25) is 0 Å². The molecule has 0 fully saturated rings. The monoisotopic (exact) mass is 255 g/mol. The minimum absolute atomic E-state index is 0.0373. The molecule has 1 heterocycles. The number of carbonyl (C=O) groups is 1. The SMILES string of the molecule is O=C(O)c1ccn(CC2Cc3ccccc32)c(=O)c1. The van der Waals surface area contributed by atoms with Crippen molar-refractivity contribution in [3.63, 3.8) is 0 Å². The number of aromatic nitrogens is 1. The zero-order chi connectivity index (χ0) is 13.4. The molecule has 1 unspecified atom stereocenters. The van der Waals surface area contributed by atoms with Crippen molar-refractivity contribution in [3.05, 3.63) is 69.6 Å². The summed E-state index contributed by atoms with van der Waals surface area (Å²) in [6.45, 7) is 0.607. The molecule has 0 saturated carbocycles. The van der Waals surface area contributed by atoms with Crippen molar-refractivity contribution in [2.75, 3.05) is 0 Å². The highest BCUT2D eigenvalue weighted by Gasteiger charge is 2.25. The molecule has 0 saturated heterocycles. The van der Waals surface area contributed by atoms with Crippen molar-refractivity contribution in [2.45, 2.75) is 18.9 Å². The number of hydrogen-bond donors (Lipinski definition) is 1. The lowest BCUT2D eigenvalue weighted by Crippen LogP contribution is -2.28. The molecule has 0 bridgehead atoms. The minimum atomic E-state index is -1.07. The molecule has 0 radical (unpaired) electrons. The van der Waals surface area contributed by atoms with Gasteiger partial charge in [0.1, 0.15) is 0 Å². The van der Waals surface area contributed by atoms with Crippen molar-refractivity contribution in [2.24, 2.45) is 0 Å². The van der Waals surface area contributed by atoms with Gasteiger partial charge in [-0.2, -0.15) is 0 Å². The van der Waals surface area contributed by atoms with Gasteiger partial charge in [-0.3, -0.25) is 4.79 Å². The van der Waals surface area contributed by atoms with E-state index in [2.05, 4.69) is 12.1 Å². The van der Waals surface area contributed by atoms with Crippen molar-refractivity contribution in [3.8, 4) is 0 Å². The summed E-state index contributed by atoms with van der Waals surface area (Å²) in [6.07, 6.45) is 2.54. The molecular formula is C15H13NO3. The predicted octanol–water partition coefficient (Wildman–Crippen LogP) is 1.89. The van der Waals surface area contributed by atoms with E-state index in [0.717, 1.165) is 6.42 Å². The summed E-state index contributed by atoms with van der Waals surface area (Å²) in [5.74, 6) is -0.720. The predicted molar refractivity (Wildman–Crippen MR) is 70.5 cm³/mol. The van der Waals surface area contributed by atoms with E-state index in [1.54, 1.807) is 10.8 Å². The Balaban J connectivity index is 1.83. The maximum Gasteiger partial charge on any atom is 0.335 e. The maximum atomic E-state index is 11.8. The Morgan fingerprint density at radius 3 is 2.79 bits per heavy atom. The highest BCUT2D eigenvalue weighted by molar-refractivity contribution is 5.87. The van der Waals surface area contributed by atoms with Crippen LogP contribution in [0.3, 0.4) is 0 Å². The second-order valence-corrected chi connectivity index (χ2v) is 4.81. The Hall–Kier alpha value is -2.36. The molecule has 1 atom stereocenters. The largest absolute Gasteiger partial charge is 0.478 e. The van der Waals surface area contributed by atoms with Gasteiger partial charge in [0.2, 0.25) is 0 Å². The molecule has 0 aliphatic heterocycles. The van der Waals surface area contributed by atoms with Gasteiger partial charge in [0.25, 0.3) is 5.56 Å². The zero-order valence-electron chi connectivity index (χ0n) is 10.2. The molecule has 4 heteroatoms. The summed E-state index contributed by atoms with van der Waals surface area (Å²) < 4.78 is 1.58. The summed E-state index contributed by atoms with van der Waals surface area (Å²) >= 11 is 0. The molecule has 4 nitrogen and oxygen atoms in total. The molecule has 3 rings (SSSR count). The van der Waals surface area contributed by atoms with Crippen LogP contribution in [-0.2, 0) is 13.0 Å². The normalized spacial score (nSPS) is 16.5. The molecule has 0 amide bonds. The van der Waals surface area contributed by atoms with Crippen molar-refractivity contribution < 1.29 is 9.90 Å². The number of nitrogens with zero attached hydrogens (tertiary/aromatic N) is 1. The average molecular weight is 255 g/mol. The first-order valence-corrected chi connectivity index (χ1v) is 6.17. The van der Waals surface area contributed by atoms with Crippen LogP contribution in [0.4, 0.5) is 0 Å². The number of benzene rings is 1. The van der Waals surface area contributed by atoms with Gasteiger partial charge in [0.05, 0.1) is 5.56 Å². The molecule has 0 spiro atoms. The van der Waals surface area contributed by atoms with Gasteiger partial charge in [0.15, 0.2) is 0 Å². The Bertz CT molecular complexity index is 703. The summed E-state index contributed by atoms with van der Waals surface area (Å²) in [5.41, 5.74) is 2.40. The Labute approximate surface area is 109 Å². The van der Waals surface area contributed by atoms with Crippen molar-refractivity contribution in [1.82, 2.24) is 4.57 Å². The maximum absolute atomic E-state index is 11.8. The molecular weight excluding hydrogens is 242 g/mol. The van der Waals surface area contributed by atoms with E-state index in [1.165, 1.54) is 23.3 Å². The number of hydrogen-bond acceptors (Lipinski definition) is 2. The van der Waals surface area contributed by atoms with Gasteiger partial charge in [-0.15, -0.1) is 0 Å². The van der Waals surface area contributed by atoms with Gasteiger partial charge in [-0.25, -0.2) is 4.79 Å². The standard InChI is InChI=1S/C15H13NO3/c17-14-8-11(15(18)19)5-6-16(14)9-12-7-10-3-1-2-4-13(10)12/h1-6,8,12H,7,9H2,(H,18,19). The second-order valence-electron chi connectivity index (χ2n) is 4.81. The van der Waals surface area contributed by atoms with Gasteiger partial charge < -0.3 is 9.67 Å². The Morgan fingerprint density at radius 1 is 1.32 bits per heavy atom. The van der Waals surface area contributed by atoms with Crippen LogP contribution in [0.25, 0.3) is 0 Å². The van der Waals surface area contributed by atoms with E-state index in [4.69, 9.17) is 5.11 Å². The lowest BCUT2D eigenvalue weighted by atomic mass is 9.77. The highest BCUT2D eigenvalue weighted by Crippen LogP contribution is 2.35. The quantitative estimate of drug-likeness (QED) is 0.911. The van der Waals surface area contributed by atoms with Crippen LogP contribution >= 0.6 is 0 Å². The fourth-order valence-electron chi connectivity index (χ4n) is 2.55. The van der Waals surface area contributed by atoms with E-state index in [9.17, 15) is 9.59 Å². The van der Waals surface area contributed by atoms with E-state index < -0.39 is 5.97 Å². The molecule has 1 aromatic heterocycles. The average Bonchev–Trinajstić information content (AvgIpc) is 2.37. The van der Waals surface area contributed by atoms with Gasteiger partial charge in [-0.05, 0) is 23.6 Å². The third-order valence-electron chi connectivity index (χ3n) is 3.62. The minimum Gasteiger partial charge on any atom is -0.478 e. The number of pyridine rings is 1. The first kappa shape index (κ1) is 11.7. The molecule has 2 aromatic rings. The van der Waals surface area contributed by atoms with E-state index in [1.807, 2.05) is 12.1 Å². The molecule has 96 valence electrons. The van der Waals surface area contributed by atoms with Crippen LogP contribution < -0.4 is 5.56 Å². The first-order valence-electron chi connectivity index (χ1n) is 6.17. The second kappa shape index (κ2) is 4.39. The van der Waals surface area contributed by atoms with Crippen molar-refractivity contribution >= 4 is 5.97 Å². The molecule has 1 aromatic carbocycles. The molecule has 1 aliphatic rings. The van der Waals surface area contributed by atoms with E-state index in [0.29, 0.717) is 12.5 Å². The summed E-state index contributed by atoms with van der Waals surface area (Å²) in [5, 5.41) is 8.82. The van der Waals surface area contributed by atoms with Crippen LogP contribution in [-0.4, -0.2) is 15.6 Å². The number of fused-ring (bicyclic) bond motifs is 1. The molecule has 19 heavy (non-hydrogen) atoms. The van der Waals surface area contributed by atoms with Gasteiger partial charge in [0, 0.05) is 24.7 Å². The Morgan fingerprint density at radius 2 is 2.11 bits per heavy atom. The Kier molecular flexibility index (Phi) is 2.71. The summed E-state index contributed by atoms with van der Waals surface area (Å²) in [4.78, 5) is 22.6. The summed E-state index contributed by atoms with van der Waals surface area (Å²) in [7, 11) is 0. The van der Waals surface area contributed by atoms with E-state index in [-0.39, 0.29) is 11.1 Å². The van der Waals surface area contributed by atoms with Crippen LogP contribution in [0, 0.1) is 0 Å². The fraction of sp³-hybridized carbons (Fsp3) is 0.200. The first-order chi connectivity index (χ1) is 9.15. The topological polar surface area (TPSA) is 59.3 Å². The fourth-order valence-corrected chi connectivity index (χ4v) is 2.55. The number of carboxylic acid groups (broad SMARTS) is 1. The summed E-state index contributed by atoms with van der Waals surface area (Å²) in [6, 6.07) is 10.8. The number of carboxylic acids is 1. The van der Waals surface area contributed by atoms with Gasteiger partial charge >= 0.3 is 5.97 Å². The molecule has 1 N–H and O–H groups in total. The highest BCUT2D eigenvalue weighted by atomic mass is 16.4. The lowest BCUT2D eigenvalue weighted by Gasteiger charge is -2.30. The van der Waals surface area contributed by atoms with Crippen LogP contribution in [0.5, 0.6) is 0 Å².